The van der Waals surface area contributed by atoms with Crippen LogP contribution in [0.1, 0.15) is 18.1 Å². The summed E-state index contributed by atoms with van der Waals surface area (Å²) in [6.45, 7) is 1.50. The summed E-state index contributed by atoms with van der Waals surface area (Å²) in [6, 6.07) is 13.6. The molecular formula is C15H14N2O. The second-order valence-corrected chi connectivity index (χ2v) is 3.89. The van der Waals surface area contributed by atoms with Crippen molar-refractivity contribution >= 4 is 17.7 Å². The first-order valence-corrected chi connectivity index (χ1v) is 5.70. The molecule has 1 N–H and O–H groups in total. The molecule has 0 unspecified atom stereocenters. The molecule has 0 bridgehead atoms. The van der Waals surface area contributed by atoms with Crippen LogP contribution in [0.3, 0.4) is 0 Å². The molecule has 18 heavy (non-hydrogen) atoms. The van der Waals surface area contributed by atoms with Crippen molar-refractivity contribution < 1.29 is 4.79 Å². The van der Waals surface area contributed by atoms with Gasteiger partial charge in [-0.05, 0) is 23.8 Å². The Bertz CT molecular complexity index is 547. The van der Waals surface area contributed by atoms with Gasteiger partial charge >= 0.3 is 0 Å². The van der Waals surface area contributed by atoms with E-state index in [1.165, 1.54) is 6.92 Å². The lowest BCUT2D eigenvalue weighted by atomic mass is 10.1. The van der Waals surface area contributed by atoms with E-state index in [-0.39, 0.29) is 5.91 Å². The Morgan fingerprint density at radius 1 is 1.11 bits per heavy atom. The Morgan fingerprint density at radius 2 is 1.78 bits per heavy atom. The number of aromatic nitrogens is 1. The lowest BCUT2D eigenvalue weighted by molar-refractivity contribution is -0.117. The second-order valence-electron chi connectivity index (χ2n) is 3.89. The molecule has 1 amide bonds. The molecule has 3 nitrogen and oxygen atoms in total. The van der Waals surface area contributed by atoms with Crippen LogP contribution >= 0.6 is 0 Å². The van der Waals surface area contributed by atoms with Crippen LogP contribution in [-0.2, 0) is 4.79 Å². The highest BCUT2D eigenvalue weighted by molar-refractivity contribution is 5.91. The molecule has 0 fully saturated rings. The van der Waals surface area contributed by atoms with Crippen molar-refractivity contribution in [1.82, 2.24) is 10.3 Å². The van der Waals surface area contributed by atoms with Gasteiger partial charge < -0.3 is 5.32 Å². The molecule has 1 aromatic carbocycles. The van der Waals surface area contributed by atoms with Gasteiger partial charge in [-0.2, -0.15) is 0 Å². The Labute approximate surface area is 106 Å². The van der Waals surface area contributed by atoms with Gasteiger partial charge in [-0.15, -0.1) is 0 Å². The van der Waals surface area contributed by atoms with Crippen molar-refractivity contribution in [3.63, 3.8) is 0 Å². The Hall–Kier alpha value is -2.42. The predicted octanol–water partition coefficient (Wildman–Crippen LogP) is 2.72. The minimum absolute atomic E-state index is 0.0889. The van der Waals surface area contributed by atoms with Crippen LogP contribution in [0.25, 0.3) is 11.8 Å². The summed E-state index contributed by atoms with van der Waals surface area (Å²) in [5.74, 6) is -0.0889. The van der Waals surface area contributed by atoms with Gasteiger partial charge in [0.1, 0.15) is 0 Å². The first-order valence-electron chi connectivity index (χ1n) is 5.70. The fraction of sp³-hybridized carbons (Fsp3) is 0.0667. The molecule has 0 saturated carbocycles. The molecule has 1 heterocycles. The largest absolute Gasteiger partial charge is 0.326 e. The number of rotatable bonds is 3. The zero-order valence-electron chi connectivity index (χ0n) is 10.1. The lowest BCUT2D eigenvalue weighted by Gasteiger charge is -2.08. The van der Waals surface area contributed by atoms with Crippen LogP contribution in [0.15, 0.2) is 54.9 Å². The number of nitrogens with one attached hydrogen (secondary N) is 1. The Balaban J connectivity index is 2.37. The summed E-state index contributed by atoms with van der Waals surface area (Å²) in [5, 5.41) is 2.84. The van der Waals surface area contributed by atoms with E-state index in [0.29, 0.717) is 0 Å². The van der Waals surface area contributed by atoms with Crippen molar-refractivity contribution in [2.75, 3.05) is 0 Å². The molecule has 0 aliphatic heterocycles. The zero-order valence-corrected chi connectivity index (χ0v) is 10.1. The number of carbonyl (C=O) groups excluding carboxylic acids is 1. The van der Waals surface area contributed by atoms with E-state index >= 15 is 0 Å². The normalized spacial score (nSPS) is 11.1. The van der Waals surface area contributed by atoms with E-state index in [4.69, 9.17) is 0 Å². The summed E-state index contributed by atoms with van der Waals surface area (Å²) in [5.41, 5.74) is 2.75. The first-order chi connectivity index (χ1) is 8.75. The summed E-state index contributed by atoms with van der Waals surface area (Å²) in [7, 11) is 0. The van der Waals surface area contributed by atoms with E-state index in [2.05, 4.69) is 10.3 Å². The van der Waals surface area contributed by atoms with Gasteiger partial charge in [-0.3, -0.25) is 9.78 Å². The van der Waals surface area contributed by atoms with E-state index in [1.54, 1.807) is 12.4 Å². The zero-order chi connectivity index (χ0) is 12.8. The number of benzene rings is 1. The van der Waals surface area contributed by atoms with Crippen molar-refractivity contribution in [3.8, 4) is 0 Å². The standard InChI is InChI=1S/C15H14N2O/c1-12(18)17-15(14-7-9-16-10-8-14)11-13-5-3-2-4-6-13/h2-11H,1H3,(H,17,18)/b15-11+. The molecule has 0 atom stereocenters. The third kappa shape index (κ3) is 3.28. The highest BCUT2D eigenvalue weighted by Gasteiger charge is 2.03. The Kier molecular flexibility index (Phi) is 3.86. The second kappa shape index (κ2) is 5.77. The average Bonchev–Trinajstić information content (AvgIpc) is 2.40. The molecule has 1 aromatic heterocycles. The van der Waals surface area contributed by atoms with Crippen molar-refractivity contribution in [2.24, 2.45) is 0 Å². The molecule has 3 heteroatoms. The molecule has 0 aliphatic rings. The SMILES string of the molecule is CC(=O)N/C(=C/c1ccccc1)c1ccncc1. The number of nitrogens with zero attached hydrogens (tertiary/aromatic N) is 1. The average molecular weight is 238 g/mol. The number of carbonyl (C=O) groups is 1. The van der Waals surface area contributed by atoms with E-state index in [0.717, 1.165) is 16.8 Å². The number of hydrogen-bond acceptors (Lipinski definition) is 2. The smallest absolute Gasteiger partial charge is 0.221 e. The molecule has 0 aliphatic carbocycles. The van der Waals surface area contributed by atoms with E-state index in [1.807, 2.05) is 48.5 Å². The maximum Gasteiger partial charge on any atom is 0.221 e. The van der Waals surface area contributed by atoms with E-state index < -0.39 is 0 Å². The van der Waals surface area contributed by atoms with Gasteiger partial charge in [-0.25, -0.2) is 0 Å². The lowest BCUT2D eigenvalue weighted by Crippen LogP contribution is -2.17. The third-order valence-corrected chi connectivity index (χ3v) is 2.41. The number of amides is 1. The van der Waals surface area contributed by atoms with Crippen LogP contribution in [0.4, 0.5) is 0 Å². The van der Waals surface area contributed by atoms with Crippen LogP contribution in [0.2, 0.25) is 0 Å². The van der Waals surface area contributed by atoms with E-state index in [9.17, 15) is 4.79 Å². The fourth-order valence-electron chi connectivity index (χ4n) is 1.63. The van der Waals surface area contributed by atoms with Gasteiger partial charge in [0.2, 0.25) is 5.91 Å². The van der Waals surface area contributed by atoms with Crippen LogP contribution < -0.4 is 5.32 Å². The maximum atomic E-state index is 11.3. The van der Waals surface area contributed by atoms with Crippen molar-refractivity contribution in [1.29, 1.82) is 0 Å². The first kappa shape index (κ1) is 12.0. The topological polar surface area (TPSA) is 42.0 Å². The summed E-state index contributed by atoms with van der Waals surface area (Å²) < 4.78 is 0. The molecule has 0 saturated heterocycles. The molecule has 0 spiro atoms. The monoisotopic (exact) mass is 238 g/mol. The third-order valence-electron chi connectivity index (χ3n) is 2.41. The van der Waals surface area contributed by atoms with Gasteiger partial charge in [0, 0.05) is 30.6 Å². The number of hydrogen-bond donors (Lipinski definition) is 1. The maximum absolute atomic E-state index is 11.3. The van der Waals surface area contributed by atoms with Crippen LogP contribution in [0.5, 0.6) is 0 Å². The van der Waals surface area contributed by atoms with Gasteiger partial charge in [0.25, 0.3) is 0 Å². The fourth-order valence-corrected chi connectivity index (χ4v) is 1.63. The van der Waals surface area contributed by atoms with Gasteiger partial charge in [-0.1, -0.05) is 30.3 Å². The number of pyridine rings is 1. The summed E-state index contributed by atoms with van der Waals surface area (Å²) in [4.78, 5) is 15.2. The quantitative estimate of drug-likeness (QED) is 0.893. The minimum Gasteiger partial charge on any atom is -0.326 e. The van der Waals surface area contributed by atoms with Crippen molar-refractivity contribution in [3.05, 3.63) is 66.0 Å². The van der Waals surface area contributed by atoms with Crippen LogP contribution in [-0.4, -0.2) is 10.9 Å². The predicted molar refractivity (Wildman–Crippen MR) is 72.4 cm³/mol. The Morgan fingerprint density at radius 3 is 2.39 bits per heavy atom. The summed E-state index contributed by atoms with van der Waals surface area (Å²) >= 11 is 0. The van der Waals surface area contributed by atoms with Crippen LogP contribution in [0, 0.1) is 0 Å². The summed E-state index contributed by atoms with van der Waals surface area (Å²) in [6.07, 6.45) is 5.35. The molecule has 2 aromatic rings. The van der Waals surface area contributed by atoms with Crippen molar-refractivity contribution in [2.45, 2.75) is 6.92 Å². The molecular weight excluding hydrogens is 224 g/mol. The minimum atomic E-state index is -0.0889. The van der Waals surface area contributed by atoms with Gasteiger partial charge in [0.15, 0.2) is 0 Å². The molecule has 90 valence electrons. The highest BCUT2D eigenvalue weighted by Crippen LogP contribution is 2.14. The molecule has 0 radical (unpaired) electrons. The highest BCUT2D eigenvalue weighted by atomic mass is 16.1. The van der Waals surface area contributed by atoms with Gasteiger partial charge in [0.05, 0.1) is 0 Å². The molecule has 2 rings (SSSR count).